The predicted molar refractivity (Wildman–Crippen MR) is 64.2 cm³/mol. The van der Waals surface area contributed by atoms with E-state index in [0.717, 1.165) is 12.5 Å². The second-order valence-corrected chi connectivity index (χ2v) is 4.79. The second kappa shape index (κ2) is 7.20. The van der Waals surface area contributed by atoms with Crippen LogP contribution in [0.4, 0.5) is 0 Å². The molecule has 3 nitrogen and oxygen atoms in total. The largest absolute Gasteiger partial charge is 0.380 e. The molecule has 1 atom stereocenters. The molecule has 0 radical (unpaired) electrons. The number of nitrogens with one attached hydrogen (secondary N) is 1. The minimum Gasteiger partial charge on any atom is -0.380 e. The van der Waals surface area contributed by atoms with Crippen LogP contribution < -0.4 is 5.32 Å². The maximum absolute atomic E-state index is 5.26. The van der Waals surface area contributed by atoms with Crippen LogP contribution in [-0.2, 0) is 4.74 Å². The second-order valence-electron chi connectivity index (χ2n) is 4.79. The monoisotopic (exact) mass is 214 g/mol. The van der Waals surface area contributed by atoms with Crippen LogP contribution in [0.1, 0.15) is 26.2 Å². The SMILES string of the molecule is COC(C)CN(C)CCC1CCNCC1. The highest BCUT2D eigenvalue weighted by atomic mass is 16.5. The van der Waals surface area contributed by atoms with Crippen molar-refractivity contribution in [1.82, 2.24) is 10.2 Å². The number of piperidine rings is 1. The quantitative estimate of drug-likeness (QED) is 0.722. The minimum absolute atomic E-state index is 0.350. The van der Waals surface area contributed by atoms with Gasteiger partial charge in [-0.05, 0) is 58.8 Å². The number of likely N-dealkylation sites (N-methyl/N-ethyl adjacent to an activating group) is 1. The first-order valence-electron chi connectivity index (χ1n) is 6.14. The highest BCUT2D eigenvalue weighted by molar-refractivity contribution is 4.70. The van der Waals surface area contributed by atoms with E-state index in [2.05, 4.69) is 24.2 Å². The number of hydrogen-bond donors (Lipinski definition) is 1. The van der Waals surface area contributed by atoms with Crippen LogP contribution in [0, 0.1) is 5.92 Å². The summed E-state index contributed by atoms with van der Waals surface area (Å²) < 4.78 is 5.26. The van der Waals surface area contributed by atoms with Crippen molar-refractivity contribution in [3.8, 4) is 0 Å². The molecule has 3 heteroatoms. The average Bonchev–Trinajstić information content (AvgIpc) is 2.27. The maximum atomic E-state index is 5.26. The van der Waals surface area contributed by atoms with Crippen molar-refractivity contribution in [2.45, 2.75) is 32.3 Å². The van der Waals surface area contributed by atoms with Crippen LogP contribution in [0.2, 0.25) is 0 Å². The van der Waals surface area contributed by atoms with Crippen LogP contribution in [0.15, 0.2) is 0 Å². The van der Waals surface area contributed by atoms with E-state index in [1.54, 1.807) is 7.11 Å². The van der Waals surface area contributed by atoms with E-state index in [1.807, 2.05) is 0 Å². The van der Waals surface area contributed by atoms with E-state index in [0.29, 0.717) is 6.10 Å². The Morgan fingerprint density at radius 1 is 1.40 bits per heavy atom. The third kappa shape index (κ3) is 5.50. The van der Waals surface area contributed by atoms with Gasteiger partial charge < -0.3 is 15.0 Å². The Morgan fingerprint density at radius 3 is 2.67 bits per heavy atom. The first-order chi connectivity index (χ1) is 7.22. The number of methoxy groups -OCH3 is 1. The van der Waals surface area contributed by atoms with Gasteiger partial charge in [-0.15, -0.1) is 0 Å². The molecule has 0 saturated carbocycles. The molecule has 1 fully saturated rings. The summed E-state index contributed by atoms with van der Waals surface area (Å²) in [6, 6.07) is 0. The molecule has 1 aliphatic heterocycles. The van der Waals surface area contributed by atoms with Crippen LogP contribution in [0.25, 0.3) is 0 Å². The van der Waals surface area contributed by atoms with E-state index in [9.17, 15) is 0 Å². The Balaban J connectivity index is 2.07. The van der Waals surface area contributed by atoms with Crippen LogP contribution in [0.5, 0.6) is 0 Å². The minimum atomic E-state index is 0.350. The van der Waals surface area contributed by atoms with Crippen molar-refractivity contribution in [2.24, 2.45) is 5.92 Å². The van der Waals surface area contributed by atoms with Crippen molar-refractivity contribution in [2.75, 3.05) is 40.3 Å². The molecule has 0 amide bonds. The number of rotatable bonds is 6. The maximum Gasteiger partial charge on any atom is 0.0669 e. The summed E-state index contributed by atoms with van der Waals surface area (Å²) in [6.07, 6.45) is 4.40. The summed E-state index contributed by atoms with van der Waals surface area (Å²) in [7, 11) is 3.97. The van der Waals surface area contributed by atoms with Crippen molar-refractivity contribution >= 4 is 0 Å². The Morgan fingerprint density at radius 2 is 2.07 bits per heavy atom. The van der Waals surface area contributed by atoms with Crippen LogP contribution in [-0.4, -0.2) is 51.3 Å². The summed E-state index contributed by atoms with van der Waals surface area (Å²) in [6.45, 7) is 6.80. The molecule has 1 rings (SSSR count). The van der Waals surface area contributed by atoms with E-state index in [-0.39, 0.29) is 0 Å². The first kappa shape index (κ1) is 12.9. The van der Waals surface area contributed by atoms with Crippen molar-refractivity contribution in [3.63, 3.8) is 0 Å². The summed E-state index contributed by atoms with van der Waals surface area (Å²) in [5.41, 5.74) is 0. The number of nitrogens with zero attached hydrogens (tertiary/aromatic N) is 1. The van der Waals surface area contributed by atoms with Crippen LogP contribution in [0.3, 0.4) is 0 Å². The van der Waals surface area contributed by atoms with Gasteiger partial charge in [-0.1, -0.05) is 0 Å². The van der Waals surface area contributed by atoms with Gasteiger partial charge in [-0.2, -0.15) is 0 Å². The van der Waals surface area contributed by atoms with Gasteiger partial charge in [0, 0.05) is 13.7 Å². The van der Waals surface area contributed by atoms with E-state index in [1.165, 1.54) is 38.9 Å². The first-order valence-corrected chi connectivity index (χ1v) is 6.14. The summed E-state index contributed by atoms with van der Waals surface area (Å²) in [5.74, 6) is 0.937. The summed E-state index contributed by atoms with van der Waals surface area (Å²) >= 11 is 0. The Kier molecular flexibility index (Phi) is 6.22. The third-order valence-electron chi connectivity index (χ3n) is 3.35. The van der Waals surface area contributed by atoms with Crippen molar-refractivity contribution < 1.29 is 4.74 Å². The summed E-state index contributed by atoms with van der Waals surface area (Å²) in [5, 5.41) is 3.41. The summed E-state index contributed by atoms with van der Waals surface area (Å²) in [4.78, 5) is 2.39. The van der Waals surface area contributed by atoms with Gasteiger partial charge >= 0.3 is 0 Å². The molecule has 0 aliphatic carbocycles. The average molecular weight is 214 g/mol. The molecule has 0 aromatic rings. The normalized spacial score (nSPS) is 20.8. The van der Waals surface area contributed by atoms with Gasteiger partial charge in [0.2, 0.25) is 0 Å². The molecular formula is C12H26N2O. The van der Waals surface area contributed by atoms with Crippen LogP contribution >= 0.6 is 0 Å². The third-order valence-corrected chi connectivity index (χ3v) is 3.35. The Hall–Kier alpha value is -0.120. The van der Waals surface area contributed by atoms with E-state index >= 15 is 0 Å². The lowest BCUT2D eigenvalue weighted by Gasteiger charge is -2.26. The zero-order valence-electron chi connectivity index (χ0n) is 10.5. The van der Waals surface area contributed by atoms with Gasteiger partial charge in [0.1, 0.15) is 0 Å². The van der Waals surface area contributed by atoms with Crippen molar-refractivity contribution in [3.05, 3.63) is 0 Å². The standard InChI is InChI=1S/C12H26N2O/c1-11(15-3)10-14(2)9-6-12-4-7-13-8-5-12/h11-13H,4-10H2,1-3H3. The zero-order valence-corrected chi connectivity index (χ0v) is 10.5. The lowest BCUT2D eigenvalue weighted by molar-refractivity contribution is 0.0833. The molecule has 1 N–H and O–H groups in total. The predicted octanol–water partition coefficient (Wildman–Crippen LogP) is 1.34. The zero-order chi connectivity index (χ0) is 11.1. The fourth-order valence-electron chi connectivity index (χ4n) is 2.18. The smallest absolute Gasteiger partial charge is 0.0669 e. The molecule has 0 aromatic carbocycles. The fraction of sp³-hybridized carbons (Fsp3) is 1.00. The molecule has 0 aromatic heterocycles. The molecule has 1 unspecified atom stereocenters. The molecule has 1 saturated heterocycles. The molecule has 15 heavy (non-hydrogen) atoms. The van der Waals surface area contributed by atoms with Gasteiger partial charge in [0.05, 0.1) is 6.10 Å². The van der Waals surface area contributed by atoms with Gasteiger partial charge in [0.15, 0.2) is 0 Å². The van der Waals surface area contributed by atoms with Gasteiger partial charge in [-0.3, -0.25) is 0 Å². The fourth-order valence-corrected chi connectivity index (χ4v) is 2.18. The topological polar surface area (TPSA) is 24.5 Å². The number of hydrogen-bond acceptors (Lipinski definition) is 3. The van der Waals surface area contributed by atoms with Gasteiger partial charge in [0.25, 0.3) is 0 Å². The highest BCUT2D eigenvalue weighted by Gasteiger charge is 2.14. The van der Waals surface area contributed by atoms with E-state index in [4.69, 9.17) is 4.74 Å². The lowest BCUT2D eigenvalue weighted by Crippen LogP contribution is -2.33. The molecule has 1 heterocycles. The Labute approximate surface area is 94.2 Å². The Bertz CT molecular complexity index is 158. The number of ether oxygens (including phenoxy) is 1. The molecular weight excluding hydrogens is 188 g/mol. The molecule has 0 spiro atoms. The molecule has 0 bridgehead atoms. The van der Waals surface area contributed by atoms with E-state index < -0.39 is 0 Å². The molecule has 1 aliphatic rings. The van der Waals surface area contributed by atoms with Gasteiger partial charge in [-0.25, -0.2) is 0 Å². The van der Waals surface area contributed by atoms with Crippen molar-refractivity contribution in [1.29, 1.82) is 0 Å². The lowest BCUT2D eigenvalue weighted by atomic mass is 9.94. The molecule has 90 valence electrons. The highest BCUT2D eigenvalue weighted by Crippen LogP contribution is 2.15.